The molecular weight excluding hydrogens is 324 g/mol. The number of halogens is 1. The summed E-state index contributed by atoms with van der Waals surface area (Å²) in [7, 11) is -3.74. The Morgan fingerprint density at radius 3 is 2.33 bits per heavy atom. The highest BCUT2D eigenvalue weighted by Gasteiger charge is 2.38. The molecule has 1 saturated heterocycles. The Morgan fingerprint density at radius 1 is 1.28 bits per heavy atom. The maximum Gasteiger partial charge on any atom is 0.244 e. The fourth-order valence-corrected chi connectivity index (χ4v) is 4.33. The van der Waals surface area contributed by atoms with Crippen LogP contribution in [0.4, 0.5) is 5.69 Å². The molecule has 1 aliphatic rings. The Hall–Kier alpha value is -0.670. The van der Waals surface area contributed by atoms with E-state index in [1.165, 1.54) is 18.2 Å². The highest BCUT2D eigenvalue weighted by Crippen LogP contribution is 2.29. The van der Waals surface area contributed by atoms with Crippen molar-refractivity contribution in [1.29, 1.82) is 0 Å². The van der Waals surface area contributed by atoms with Crippen LogP contribution in [-0.2, 0) is 10.0 Å². The summed E-state index contributed by atoms with van der Waals surface area (Å²) in [4.78, 5) is 0.0676. The van der Waals surface area contributed by atoms with Gasteiger partial charge in [0, 0.05) is 23.2 Å². The van der Waals surface area contributed by atoms with E-state index < -0.39 is 22.2 Å². The quantitative estimate of drug-likeness (QED) is 0.646. The topological polar surface area (TPSA) is 104 Å². The second-order valence-corrected chi connectivity index (χ2v) is 6.91. The standard InChI is InChI=1S/C10H13BrN2O4S/c11-7-3-6(12)1-2-10(7)18(16,17)13-4-8(14)9(15)5-13/h1-3,8-9,14-15H,4-5,12H2. The Kier molecular flexibility index (Phi) is 3.65. The number of nitrogens with zero attached hydrogens (tertiary/aromatic N) is 1. The van der Waals surface area contributed by atoms with Gasteiger partial charge in [-0.25, -0.2) is 8.42 Å². The van der Waals surface area contributed by atoms with Crippen molar-refractivity contribution in [3.05, 3.63) is 22.7 Å². The molecule has 1 fully saturated rings. The van der Waals surface area contributed by atoms with Crippen molar-refractivity contribution in [3.8, 4) is 0 Å². The molecule has 1 aromatic rings. The number of hydrogen-bond acceptors (Lipinski definition) is 5. The summed E-state index contributed by atoms with van der Waals surface area (Å²) in [5.41, 5.74) is 6.00. The van der Waals surface area contributed by atoms with Crippen LogP contribution in [0.15, 0.2) is 27.6 Å². The molecule has 0 bridgehead atoms. The summed E-state index contributed by atoms with van der Waals surface area (Å²) in [6.45, 7) is -0.222. The van der Waals surface area contributed by atoms with Crippen LogP contribution in [0, 0.1) is 0 Å². The molecule has 1 heterocycles. The summed E-state index contributed by atoms with van der Waals surface area (Å²) in [5, 5.41) is 18.8. The van der Waals surface area contributed by atoms with E-state index in [0.717, 1.165) is 4.31 Å². The fourth-order valence-electron chi connectivity index (χ4n) is 1.80. The average Bonchev–Trinajstić information content (AvgIpc) is 2.59. The van der Waals surface area contributed by atoms with Crippen molar-refractivity contribution in [3.63, 3.8) is 0 Å². The second kappa shape index (κ2) is 4.78. The van der Waals surface area contributed by atoms with E-state index in [9.17, 15) is 18.6 Å². The van der Waals surface area contributed by atoms with Gasteiger partial charge in [-0.15, -0.1) is 0 Å². The van der Waals surface area contributed by atoms with Gasteiger partial charge >= 0.3 is 0 Å². The first-order valence-electron chi connectivity index (χ1n) is 5.23. The van der Waals surface area contributed by atoms with E-state index in [2.05, 4.69) is 15.9 Å². The van der Waals surface area contributed by atoms with E-state index in [0.29, 0.717) is 10.2 Å². The highest BCUT2D eigenvalue weighted by atomic mass is 79.9. The predicted molar refractivity (Wildman–Crippen MR) is 69.3 cm³/mol. The zero-order valence-corrected chi connectivity index (χ0v) is 11.7. The van der Waals surface area contributed by atoms with Gasteiger partial charge in [0.05, 0.1) is 17.1 Å². The highest BCUT2D eigenvalue weighted by molar-refractivity contribution is 9.10. The third-order valence-electron chi connectivity index (χ3n) is 2.80. The van der Waals surface area contributed by atoms with Crippen molar-refractivity contribution < 1.29 is 18.6 Å². The molecule has 0 saturated carbocycles. The van der Waals surface area contributed by atoms with Crippen molar-refractivity contribution >= 4 is 31.6 Å². The average molecular weight is 337 g/mol. The maximum absolute atomic E-state index is 12.3. The van der Waals surface area contributed by atoms with Crippen LogP contribution in [0.2, 0.25) is 0 Å². The van der Waals surface area contributed by atoms with E-state index in [1.807, 2.05) is 0 Å². The number of rotatable bonds is 2. The molecule has 0 spiro atoms. The van der Waals surface area contributed by atoms with Crippen LogP contribution in [0.25, 0.3) is 0 Å². The number of benzene rings is 1. The molecule has 0 aromatic heterocycles. The first kappa shape index (κ1) is 13.8. The Balaban J connectivity index is 2.37. The minimum atomic E-state index is -3.74. The summed E-state index contributed by atoms with van der Waals surface area (Å²) in [6.07, 6.45) is -2.10. The van der Waals surface area contributed by atoms with E-state index in [4.69, 9.17) is 5.73 Å². The van der Waals surface area contributed by atoms with Crippen LogP contribution in [0.5, 0.6) is 0 Å². The van der Waals surface area contributed by atoms with Crippen molar-refractivity contribution in [2.75, 3.05) is 18.8 Å². The molecule has 8 heteroatoms. The van der Waals surface area contributed by atoms with Gasteiger partial charge in [0.15, 0.2) is 0 Å². The summed E-state index contributed by atoms with van der Waals surface area (Å²) >= 11 is 3.15. The van der Waals surface area contributed by atoms with Gasteiger partial charge in [0.1, 0.15) is 0 Å². The van der Waals surface area contributed by atoms with Gasteiger partial charge < -0.3 is 15.9 Å². The normalized spacial score (nSPS) is 25.5. The Bertz CT molecular complexity index is 553. The Morgan fingerprint density at radius 2 is 1.83 bits per heavy atom. The third-order valence-corrected chi connectivity index (χ3v) is 5.61. The maximum atomic E-state index is 12.3. The van der Waals surface area contributed by atoms with Gasteiger partial charge in [-0.05, 0) is 34.1 Å². The lowest BCUT2D eigenvalue weighted by atomic mass is 10.3. The van der Waals surface area contributed by atoms with Crippen LogP contribution >= 0.6 is 15.9 Å². The monoisotopic (exact) mass is 336 g/mol. The zero-order chi connectivity index (χ0) is 13.5. The molecule has 18 heavy (non-hydrogen) atoms. The lowest BCUT2D eigenvalue weighted by Crippen LogP contribution is -2.30. The lowest BCUT2D eigenvalue weighted by molar-refractivity contribution is 0.0572. The van der Waals surface area contributed by atoms with Crippen molar-refractivity contribution in [1.82, 2.24) is 4.31 Å². The third kappa shape index (κ3) is 2.39. The second-order valence-electron chi connectivity index (χ2n) is 4.15. The largest absolute Gasteiger partial charge is 0.399 e. The summed E-state index contributed by atoms with van der Waals surface area (Å²) in [6, 6.07) is 4.38. The first-order valence-corrected chi connectivity index (χ1v) is 7.47. The van der Waals surface area contributed by atoms with Gasteiger partial charge in [0.25, 0.3) is 0 Å². The number of nitrogen functional groups attached to an aromatic ring is 1. The minimum Gasteiger partial charge on any atom is -0.399 e. The molecule has 1 aromatic carbocycles. The molecule has 0 amide bonds. The number of aliphatic hydroxyl groups is 2. The molecule has 2 unspecified atom stereocenters. The number of β-amino-alcohol motifs (C(OH)–C–C–N with tert-alkyl or cyclic N) is 2. The predicted octanol–water partition coefficient (Wildman–Crippen LogP) is -0.243. The van der Waals surface area contributed by atoms with Gasteiger partial charge in [-0.1, -0.05) is 0 Å². The van der Waals surface area contributed by atoms with E-state index >= 15 is 0 Å². The van der Waals surface area contributed by atoms with Gasteiger partial charge in [-0.3, -0.25) is 0 Å². The fraction of sp³-hybridized carbons (Fsp3) is 0.400. The van der Waals surface area contributed by atoms with Crippen LogP contribution in [-0.4, -0.2) is 48.2 Å². The van der Waals surface area contributed by atoms with Crippen LogP contribution in [0.3, 0.4) is 0 Å². The van der Waals surface area contributed by atoms with Crippen LogP contribution in [0.1, 0.15) is 0 Å². The van der Waals surface area contributed by atoms with Crippen LogP contribution < -0.4 is 5.73 Å². The van der Waals surface area contributed by atoms with Crippen molar-refractivity contribution in [2.24, 2.45) is 0 Å². The van der Waals surface area contributed by atoms with Gasteiger partial charge in [0.2, 0.25) is 10.0 Å². The number of hydrogen-bond donors (Lipinski definition) is 3. The smallest absolute Gasteiger partial charge is 0.244 e. The van der Waals surface area contributed by atoms with E-state index in [1.54, 1.807) is 0 Å². The summed E-state index contributed by atoms with van der Waals surface area (Å²) < 4.78 is 26.0. The molecule has 4 N–H and O–H groups in total. The number of nitrogens with two attached hydrogens (primary N) is 1. The first-order chi connectivity index (χ1) is 8.32. The number of aliphatic hydroxyl groups excluding tert-OH is 2. The Labute approximate surface area is 113 Å². The molecule has 0 radical (unpaired) electrons. The molecule has 100 valence electrons. The molecule has 6 nitrogen and oxygen atoms in total. The van der Waals surface area contributed by atoms with E-state index in [-0.39, 0.29) is 18.0 Å². The SMILES string of the molecule is Nc1ccc(S(=O)(=O)N2CC(O)C(O)C2)c(Br)c1. The molecule has 1 aliphatic heterocycles. The molecular formula is C10H13BrN2O4S. The molecule has 2 rings (SSSR count). The zero-order valence-electron chi connectivity index (χ0n) is 9.32. The molecule has 0 aliphatic carbocycles. The lowest BCUT2D eigenvalue weighted by Gasteiger charge is -2.16. The van der Waals surface area contributed by atoms with Crippen molar-refractivity contribution in [2.45, 2.75) is 17.1 Å². The van der Waals surface area contributed by atoms with Gasteiger partial charge in [-0.2, -0.15) is 4.31 Å². The minimum absolute atomic E-state index is 0.0676. The number of sulfonamides is 1. The number of anilines is 1. The summed E-state index contributed by atoms with van der Waals surface area (Å²) in [5.74, 6) is 0. The molecule has 2 atom stereocenters.